The molecule has 0 saturated carbocycles. The predicted molar refractivity (Wildman–Crippen MR) is 82.4 cm³/mol. The van der Waals surface area contributed by atoms with Gasteiger partial charge < -0.3 is 10.4 Å². The third-order valence-corrected chi connectivity index (χ3v) is 4.29. The van der Waals surface area contributed by atoms with Crippen LogP contribution in [0.3, 0.4) is 0 Å². The van der Waals surface area contributed by atoms with Crippen molar-refractivity contribution in [3.8, 4) is 0 Å². The molecule has 0 aliphatic heterocycles. The quantitative estimate of drug-likeness (QED) is 0.798. The Labute approximate surface area is 126 Å². The zero-order chi connectivity index (χ0) is 15.2. The first-order chi connectivity index (χ1) is 10.2. The van der Waals surface area contributed by atoms with E-state index in [1.54, 1.807) is 6.07 Å². The van der Waals surface area contributed by atoms with Gasteiger partial charge in [-0.25, -0.2) is 4.98 Å². The molecule has 2 N–H and O–H groups in total. The van der Waals surface area contributed by atoms with Crippen molar-refractivity contribution in [2.75, 3.05) is 13.2 Å². The van der Waals surface area contributed by atoms with E-state index in [1.165, 1.54) is 22.2 Å². The largest absolute Gasteiger partial charge is 0.396 e. The molecule has 0 aliphatic rings. The van der Waals surface area contributed by atoms with Crippen molar-refractivity contribution in [1.82, 2.24) is 14.9 Å². The summed E-state index contributed by atoms with van der Waals surface area (Å²) < 4.78 is 1.32. The van der Waals surface area contributed by atoms with Crippen LogP contribution in [0.5, 0.6) is 0 Å². The maximum atomic E-state index is 12.1. The molecule has 21 heavy (non-hydrogen) atoms. The Hall–Kier alpha value is -1.73. The van der Waals surface area contributed by atoms with Crippen molar-refractivity contribution in [3.05, 3.63) is 28.1 Å². The number of thiophene rings is 1. The average Bonchev–Trinajstić information content (AvgIpc) is 2.95. The second-order valence-electron chi connectivity index (χ2n) is 4.91. The van der Waals surface area contributed by atoms with Crippen LogP contribution >= 0.6 is 11.3 Å². The number of aliphatic hydroxyl groups is 1. The monoisotopic (exact) mass is 309 g/mol. The molecule has 0 saturated heterocycles. The molecule has 0 bridgehead atoms. The summed E-state index contributed by atoms with van der Waals surface area (Å²) in [7, 11) is 0. The molecule has 0 aliphatic carbocycles. The number of hydrogen-bond donors (Lipinski definition) is 2. The van der Waals surface area contributed by atoms with Gasteiger partial charge in [-0.05, 0) is 23.8 Å². The second-order valence-corrected chi connectivity index (χ2v) is 5.80. The minimum absolute atomic E-state index is 0.0345. The molecule has 0 radical (unpaired) electrons. The number of aromatic nitrogens is 2. The third kappa shape index (κ3) is 3.89. The standard InChI is InChI=1S/C14H19N3O3S/c1-2-10(3-5-18)7-15-12(19)8-17-9-16-13-11(14(17)20)4-6-21-13/h4,6,9-10,18H,2-3,5,7-8H2,1H3,(H,15,19). The van der Waals surface area contributed by atoms with Crippen LogP contribution in [0, 0.1) is 5.92 Å². The van der Waals surface area contributed by atoms with Gasteiger partial charge >= 0.3 is 0 Å². The topological polar surface area (TPSA) is 84.2 Å². The predicted octanol–water partition coefficient (Wildman–Crippen LogP) is 0.983. The van der Waals surface area contributed by atoms with E-state index in [9.17, 15) is 9.59 Å². The summed E-state index contributed by atoms with van der Waals surface area (Å²) >= 11 is 1.40. The lowest BCUT2D eigenvalue weighted by atomic mass is 10.0. The van der Waals surface area contributed by atoms with E-state index in [2.05, 4.69) is 10.3 Å². The highest BCUT2D eigenvalue weighted by Gasteiger charge is 2.11. The van der Waals surface area contributed by atoms with E-state index in [-0.39, 0.29) is 30.5 Å². The van der Waals surface area contributed by atoms with Crippen molar-refractivity contribution >= 4 is 27.5 Å². The van der Waals surface area contributed by atoms with Crippen LogP contribution in [-0.2, 0) is 11.3 Å². The highest BCUT2D eigenvalue weighted by molar-refractivity contribution is 7.16. The van der Waals surface area contributed by atoms with E-state index in [1.807, 2.05) is 12.3 Å². The summed E-state index contributed by atoms with van der Waals surface area (Å²) in [6, 6.07) is 1.72. The maximum Gasteiger partial charge on any atom is 0.262 e. The number of fused-ring (bicyclic) bond motifs is 1. The molecule has 2 aromatic rings. The lowest BCUT2D eigenvalue weighted by Gasteiger charge is -2.14. The normalized spacial score (nSPS) is 12.5. The van der Waals surface area contributed by atoms with Crippen molar-refractivity contribution < 1.29 is 9.90 Å². The van der Waals surface area contributed by atoms with E-state index >= 15 is 0 Å². The zero-order valence-corrected chi connectivity index (χ0v) is 12.7. The number of carbonyl (C=O) groups is 1. The Balaban J connectivity index is 1.98. The van der Waals surface area contributed by atoms with Gasteiger partial charge in [-0.1, -0.05) is 13.3 Å². The van der Waals surface area contributed by atoms with Crippen LogP contribution in [0.15, 0.2) is 22.6 Å². The SMILES string of the molecule is CCC(CCO)CNC(=O)Cn1cnc2sccc2c1=O. The fourth-order valence-corrected chi connectivity index (χ4v) is 2.83. The lowest BCUT2D eigenvalue weighted by molar-refractivity contribution is -0.121. The van der Waals surface area contributed by atoms with Gasteiger partial charge in [-0.15, -0.1) is 11.3 Å². The van der Waals surface area contributed by atoms with Crippen LogP contribution in [0.1, 0.15) is 19.8 Å². The zero-order valence-electron chi connectivity index (χ0n) is 11.9. The van der Waals surface area contributed by atoms with Gasteiger partial charge in [-0.2, -0.15) is 0 Å². The summed E-state index contributed by atoms with van der Waals surface area (Å²) in [6.07, 6.45) is 2.97. The molecule has 0 aromatic carbocycles. The minimum atomic E-state index is -0.218. The number of carbonyl (C=O) groups excluding carboxylic acids is 1. The number of amides is 1. The van der Waals surface area contributed by atoms with Crippen LogP contribution in [0.2, 0.25) is 0 Å². The molecule has 0 fully saturated rings. The fraction of sp³-hybridized carbons (Fsp3) is 0.500. The molecule has 114 valence electrons. The molecule has 6 nitrogen and oxygen atoms in total. The second kappa shape index (κ2) is 7.33. The van der Waals surface area contributed by atoms with Gasteiger partial charge in [-0.3, -0.25) is 14.2 Å². The van der Waals surface area contributed by atoms with Crippen molar-refractivity contribution in [2.45, 2.75) is 26.3 Å². The summed E-state index contributed by atoms with van der Waals surface area (Å²) in [6.45, 7) is 2.62. The van der Waals surface area contributed by atoms with Crippen LogP contribution in [-0.4, -0.2) is 33.7 Å². The lowest BCUT2D eigenvalue weighted by Crippen LogP contribution is -2.35. The Morgan fingerprint density at radius 2 is 2.38 bits per heavy atom. The van der Waals surface area contributed by atoms with Crippen LogP contribution in [0.25, 0.3) is 10.2 Å². The minimum Gasteiger partial charge on any atom is -0.396 e. The van der Waals surface area contributed by atoms with Crippen molar-refractivity contribution in [1.29, 1.82) is 0 Å². The first-order valence-corrected chi connectivity index (χ1v) is 7.83. The Kier molecular flexibility index (Phi) is 5.46. The Morgan fingerprint density at radius 1 is 1.57 bits per heavy atom. The molecule has 1 unspecified atom stereocenters. The molecule has 2 aromatic heterocycles. The van der Waals surface area contributed by atoms with E-state index in [0.29, 0.717) is 23.2 Å². The van der Waals surface area contributed by atoms with Crippen LogP contribution in [0.4, 0.5) is 0 Å². The highest BCUT2D eigenvalue weighted by atomic mass is 32.1. The van der Waals surface area contributed by atoms with Crippen molar-refractivity contribution in [3.63, 3.8) is 0 Å². The van der Waals surface area contributed by atoms with E-state index in [4.69, 9.17) is 5.11 Å². The van der Waals surface area contributed by atoms with E-state index < -0.39 is 0 Å². The molecule has 1 atom stereocenters. The third-order valence-electron chi connectivity index (χ3n) is 3.47. The molecule has 1 amide bonds. The fourth-order valence-electron chi connectivity index (χ4n) is 2.11. The van der Waals surface area contributed by atoms with Gasteiger partial charge in [0, 0.05) is 13.2 Å². The van der Waals surface area contributed by atoms with Gasteiger partial charge in [0.15, 0.2) is 0 Å². The van der Waals surface area contributed by atoms with Gasteiger partial charge in [0.2, 0.25) is 5.91 Å². The smallest absolute Gasteiger partial charge is 0.262 e. The summed E-state index contributed by atoms with van der Waals surface area (Å²) in [5.74, 6) is 0.0398. The number of rotatable bonds is 7. The maximum absolute atomic E-state index is 12.1. The Morgan fingerprint density at radius 3 is 3.10 bits per heavy atom. The number of hydrogen-bond acceptors (Lipinski definition) is 5. The van der Waals surface area contributed by atoms with Crippen molar-refractivity contribution in [2.24, 2.45) is 5.92 Å². The van der Waals surface area contributed by atoms with Gasteiger partial charge in [0.25, 0.3) is 5.56 Å². The molecular formula is C14H19N3O3S. The number of nitrogens with zero attached hydrogens (tertiary/aromatic N) is 2. The summed E-state index contributed by atoms with van der Waals surface area (Å²) in [5.41, 5.74) is -0.196. The van der Waals surface area contributed by atoms with Crippen LogP contribution < -0.4 is 10.9 Å². The summed E-state index contributed by atoms with van der Waals surface area (Å²) in [4.78, 5) is 28.9. The first-order valence-electron chi connectivity index (χ1n) is 6.96. The Bertz CT molecular complexity index is 665. The van der Waals surface area contributed by atoms with E-state index in [0.717, 1.165) is 6.42 Å². The number of aliphatic hydroxyl groups excluding tert-OH is 1. The van der Waals surface area contributed by atoms with Gasteiger partial charge in [0.05, 0.1) is 11.7 Å². The molecule has 0 spiro atoms. The highest BCUT2D eigenvalue weighted by Crippen LogP contribution is 2.13. The average molecular weight is 309 g/mol. The van der Waals surface area contributed by atoms with Gasteiger partial charge in [0.1, 0.15) is 11.4 Å². The summed E-state index contributed by atoms with van der Waals surface area (Å²) in [5, 5.41) is 14.1. The molecule has 2 heterocycles. The molecule has 2 rings (SSSR count). The molecular weight excluding hydrogens is 290 g/mol. The number of nitrogens with one attached hydrogen (secondary N) is 1. The molecule has 7 heteroatoms. The first kappa shape index (κ1) is 15.7.